The summed E-state index contributed by atoms with van der Waals surface area (Å²) in [6.07, 6.45) is 3.03. The van der Waals surface area contributed by atoms with Crippen molar-refractivity contribution in [3.8, 4) is 5.75 Å². The Balaban J connectivity index is 2.00. The molecule has 1 N–H and O–H groups in total. The van der Waals surface area contributed by atoms with E-state index < -0.39 is 10.0 Å². The van der Waals surface area contributed by atoms with Gasteiger partial charge in [0.1, 0.15) is 12.4 Å². The number of ether oxygens (including phenoxy) is 1. The number of rotatable bonds is 7. The molecular formula is C17H24N2O4S. The first kappa shape index (κ1) is 18.5. The van der Waals surface area contributed by atoms with E-state index in [-0.39, 0.29) is 24.1 Å². The van der Waals surface area contributed by atoms with Crippen LogP contribution >= 0.6 is 0 Å². The van der Waals surface area contributed by atoms with Gasteiger partial charge in [0.2, 0.25) is 15.9 Å². The molecule has 2 rings (SSSR count). The zero-order chi connectivity index (χ0) is 17.6. The Morgan fingerprint density at radius 1 is 1.50 bits per heavy atom. The molecule has 1 aromatic rings. The molecule has 1 aromatic carbocycles. The highest BCUT2D eigenvalue weighted by Gasteiger charge is 2.31. The van der Waals surface area contributed by atoms with Crippen LogP contribution in [0.4, 0.5) is 5.69 Å². The minimum atomic E-state index is -3.25. The molecule has 7 heteroatoms. The second-order valence-electron chi connectivity index (χ2n) is 5.71. The van der Waals surface area contributed by atoms with Gasteiger partial charge in [0, 0.05) is 24.8 Å². The Morgan fingerprint density at radius 2 is 2.29 bits per heavy atom. The lowest BCUT2D eigenvalue weighted by Gasteiger charge is -2.30. The predicted molar refractivity (Wildman–Crippen MR) is 94.5 cm³/mol. The lowest BCUT2D eigenvalue weighted by molar-refractivity contribution is -0.120. The zero-order valence-corrected chi connectivity index (χ0v) is 14.7. The molecule has 132 valence electrons. The Morgan fingerprint density at radius 3 is 3.00 bits per heavy atom. The van der Waals surface area contributed by atoms with E-state index in [2.05, 4.69) is 11.9 Å². The molecule has 0 aromatic heterocycles. The number of amides is 1. The fourth-order valence-corrected chi connectivity index (χ4v) is 3.83. The third kappa shape index (κ3) is 4.82. The average molecular weight is 352 g/mol. The van der Waals surface area contributed by atoms with Gasteiger partial charge in [-0.25, -0.2) is 12.7 Å². The van der Waals surface area contributed by atoms with Gasteiger partial charge in [0.05, 0.1) is 11.7 Å². The van der Waals surface area contributed by atoms with Crippen molar-refractivity contribution in [2.75, 3.05) is 30.8 Å². The first-order chi connectivity index (χ1) is 11.5. The monoisotopic (exact) mass is 352 g/mol. The highest BCUT2D eigenvalue weighted by molar-refractivity contribution is 7.89. The second kappa shape index (κ2) is 8.30. The number of carbonyl (C=O) groups excluding carboxylic acids is 1. The fourth-order valence-electron chi connectivity index (χ4n) is 2.65. The third-order valence-electron chi connectivity index (χ3n) is 3.98. The Kier molecular flexibility index (Phi) is 6.39. The first-order valence-corrected chi connectivity index (χ1v) is 9.69. The summed E-state index contributed by atoms with van der Waals surface area (Å²) in [5.74, 6) is 0.209. The van der Waals surface area contributed by atoms with Crippen molar-refractivity contribution in [1.82, 2.24) is 4.31 Å². The van der Waals surface area contributed by atoms with Gasteiger partial charge in [-0.2, -0.15) is 0 Å². The highest BCUT2D eigenvalue weighted by Crippen LogP contribution is 2.23. The Hall–Kier alpha value is -1.86. The minimum absolute atomic E-state index is 0.0596. The summed E-state index contributed by atoms with van der Waals surface area (Å²) in [6.45, 7) is 6.34. The van der Waals surface area contributed by atoms with E-state index in [1.54, 1.807) is 37.3 Å². The van der Waals surface area contributed by atoms with Crippen molar-refractivity contribution < 1.29 is 17.9 Å². The summed E-state index contributed by atoms with van der Waals surface area (Å²) in [6, 6.07) is 7.12. The average Bonchev–Trinajstić information content (AvgIpc) is 2.60. The molecular weight excluding hydrogens is 328 g/mol. The summed E-state index contributed by atoms with van der Waals surface area (Å²) in [5, 5.41) is 2.85. The molecule has 1 atom stereocenters. The second-order valence-corrected chi connectivity index (χ2v) is 7.97. The van der Waals surface area contributed by atoms with Crippen molar-refractivity contribution in [2.45, 2.75) is 19.8 Å². The first-order valence-electron chi connectivity index (χ1n) is 8.08. The summed E-state index contributed by atoms with van der Waals surface area (Å²) >= 11 is 0. The Labute approximate surface area is 143 Å². The quantitative estimate of drug-likeness (QED) is 0.764. The van der Waals surface area contributed by atoms with E-state index in [9.17, 15) is 13.2 Å². The molecule has 24 heavy (non-hydrogen) atoms. The van der Waals surface area contributed by atoms with Crippen LogP contribution in [0, 0.1) is 5.92 Å². The maximum absolute atomic E-state index is 12.5. The van der Waals surface area contributed by atoms with Crippen molar-refractivity contribution in [2.24, 2.45) is 5.92 Å². The van der Waals surface area contributed by atoms with Crippen LogP contribution in [0.3, 0.4) is 0 Å². The van der Waals surface area contributed by atoms with Crippen LogP contribution in [0.25, 0.3) is 0 Å². The van der Waals surface area contributed by atoms with Gasteiger partial charge in [-0.15, -0.1) is 0 Å². The standard InChI is InChI=1S/C17H24N2O4S/c1-3-11-23-16-9-5-8-15(12-16)18-17(20)14-7-6-10-19(13-14)24(21,22)4-2/h3,5,8-9,12,14H,1,4,6-7,10-11,13H2,2H3,(H,18,20). The molecule has 0 bridgehead atoms. The fraction of sp³-hybridized carbons (Fsp3) is 0.471. The molecule has 1 aliphatic rings. The molecule has 6 nitrogen and oxygen atoms in total. The van der Waals surface area contributed by atoms with E-state index in [4.69, 9.17) is 4.74 Å². The number of hydrogen-bond acceptors (Lipinski definition) is 4. The molecule has 0 spiro atoms. The summed E-state index contributed by atoms with van der Waals surface area (Å²) in [7, 11) is -3.25. The molecule has 0 saturated carbocycles. The molecule has 1 amide bonds. The van der Waals surface area contributed by atoms with Gasteiger partial charge in [0.25, 0.3) is 0 Å². The van der Waals surface area contributed by atoms with E-state index >= 15 is 0 Å². The zero-order valence-electron chi connectivity index (χ0n) is 13.9. The molecule has 1 heterocycles. The Bertz CT molecular complexity index is 688. The van der Waals surface area contributed by atoms with Crippen LogP contribution in [0.15, 0.2) is 36.9 Å². The molecule has 1 fully saturated rings. The van der Waals surface area contributed by atoms with Crippen LogP contribution in [0.5, 0.6) is 5.75 Å². The molecule has 0 aliphatic carbocycles. The van der Waals surface area contributed by atoms with E-state index in [0.717, 1.165) is 0 Å². The SMILES string of the molecule is C=CCOc1cccc(NC(=O)C2CCCN(S(=O)(=O)CC)C2)c1. The number of nitrogens with one attached hydrogen (secondary N) is 1. The number of nitrogens with zero attached hydrogens (tertiary/aromatic N) is 1. The third-order valence-corrected chi connectivity index (χ3v) is 5.83. The number of anilines is 1. The van der Waals surface area contributed by atoms with Crippen molar-refractivity contribution >= 4 is 21.6 Å². The maximum atomic E-state index is 12.5. The van der Waals surface area contributed by atoms with Crippen LogP contribution < -0.4 is 10.1 Å². The van der Waals surface area contributed by atoms with Gasteiger partial charge in [-0.1, -0.05) is 18.7 Å². The summed E-state index contributed by atoms with van der Waals surface area (Å²) in [4.78, 5) is 12.5. The molecule has 1 saturated heterocycles. The van der Waals surface area contributed by atoms with E-state index in [1.807, 2.05) is 0 Å². The smallest absolute Gasteiger partial charge is 0.228 e. The van der Waals surface area contributed by atoms with Crippen LogP contribution in [0.2, 0.25) is 0 Å². The molecule has 1 unspecified atom stereocenters. The summed E-state index contributed by atoms with van der Waals surface area (Å²) < 4.78 is 30.9. The number of carbonyl (C=O) groups is 1. The van der Waals surface area contributed by atoms with Gasteiger partial charge >= 0.3 is 0 Å². The lowest BCUT2D eigenvalue weighted by atomic mass is 9.98. The van der Waals surface area contributed by atoms with E-state index in [0.29, 0.717) is 37.4 Å². The minimum Gasteiger partial charge on any atom is -0.489 e. The van der Waals surface area contributed by atoms with Gasteiger partial charge in [-0.3, -0.25) is 4.79 Å². The van der Waals surface area contributed by atoms with Gasteiger partial charge in [-0.05, 0) is 31.9 Å². The maximum Gasteiger partial charge on any atom is 0.228 e. The summed E-state index contributed by atoms with van der Waals surface area (Å²) in [5.41, 5.74) is 0.636. The molecule has 0 radical (unpaired) electrons. The lowest BCUT2D eigenvalue weighted by Crippen LogP contribution is -2.44. The van der Waals surface area contributed by atoms with Crippen LogP contribution in [-0.4, -0.2) is 44.1 Å². The van der Waals surface area contributed by atoms with Crippen molar-refractivity contribution in [3.05, 3.63) is 36.9 Å². The van der Waals surface area contributed by atoms with Gasteiger partial charge < -0.3 is 10.1 Å². The number of benzene rings is 1. The largest absolute Gasteiger partial charge is 0.489 e. The van der Waals surface area contributed by atoms with E-state index in [1.165, 1.54) is 4.31 Å². The predicted octanol–water partition coefficient (Wildman–Crippen LogP) is 2.25. The van der Waals surface area contributed by atoms with Crippen molar-refractivity contribution in [1.29, 1.82) is 0 Å². The topological polar surface area (TPSA) is 75.7 Å². The molecule has 1 aliphatic heterocycles. The number of hydrogen-bond donors (Lipinski definition) is 1. The number of sulfonamides is 1. The van der Waals surface area contributed by atoms with Crippen molar-refractivity contribution in [3.63, 3.8) is 0 Å². The normalized spacial score (nSPS) is 18.8. The highest BCUT2D eigenvalue weighted by atomic mass is 32.2. The number of piperidine rings is 1. The van der Waals surface area contributed by atoms with Crippen LogP contribution in [0.1, 0.15) is 19.8 Å². The van der Waals surface area contributed by atoms with Gasteiger partial charge in [0.15, 0.2) is 0 Å². The van der Waals surface area contributed by atoms with Crippen LogP contribution in [-0.2, 0) is 14.8 Å².